The van der Waals surface area contributed by atoms with E-state index in [0.717, 1.165) is 0 Å². The SMILES string of the molecule is CNC(C)C(C)(C)CC(=O)O. The van der Waals surface area contributed by atoms with Crippen LogP contribution < -0.4 is 5.32 Å². The third-order valence-electron chi connectivity index (χ3n) is 2.21. The highest BCUT2D eigenvalue weighted by Gasteiger charge is 2.27. The summed E-state index contributed by atoms with van der Waals surface area (Å²) in [4.78, 5) is 10.4. The van der Waals surface area contributed by atoms with E-state index in [2.05, 4.69) is 5.32 Å². The Labute approximate surface area is 67.8 Å². The number of aliphatic carboxylic acids is 1. The van der Waals surface area contributed by atoms with Crippen LogP contribution in [0.5, 0.6) is 0 Å². The first kappa shape index (κ1) is 10.4. The zero-order valence-electron chi connectivity index (χ0n) is 7.64. The predicted molar refractivity (Wildman–Crippen MR) is 44.6 cm³/mol. The van der Waals surface area contributed by atoms with Gasteiger partial charge in [-0.3, -0.25) is 4.79 Å². The summed E-state index contributed by atoms with van der Waals surface area (Å²) in [5, 5.41) is 11.6. The molecule has 0 aliphatic rings. The smallest absolute Gasteiger partial charge is 0.303 e. The fraction of sp³-hybridized carbons (Fsp3) is 0.875. The van der Waals surface area contributed by atoms with E-state index in [1.165, 1.54) is 0 Å². The van der Waals surface area contributed by atoms with Gasteiger partial charge in [-0.1, -0.05) is 13.8 Å². The van der Waals surface area contributed by atoms with Gasteiger partial charge in [-0.05, 0) is 19.4 Å². The number of carbonyl (C=O) groups is 1. The second-order valence-electron chi connectivity index (χ2n) is 3.57. The Hall–Kier alpha value is -0.570. The van der Waals surface area contributed by atoms with E-state index in [4.69, 9.17) is 5.11 Å². The summed E-state index contributed by atoms with van der Waals surface area (Å²) in [6.07, 6.45) is 0.203. The van der Waals surface area contributed by atoms with Crippen molar-refractivity contribution in [3.05, 3.63) is 0 Å². The molecule has 0 saturated heterocycles. The lowest BCUT2D eigenvalue weighted by atomic mass is 9.82. The molecule has 0 aliphatic heterocycles. The van der Waals surface area contributed by atoms with Gasteiger partial charge in [0.15, 0.2) is 0 Å². The number of rotatable bonds is 4. The van der Waals surface area contributed by atoms with Crippen LogP contribution in [-0.4, -0.2) is 24.2 Å². The van der Waals surface area contributed by atoms with Crippen LogP contribution in [0.15, 0.2) is 0 Å². The number of nitrogens with one attached hydrogen (secondary N) is 1. The maximum Gasteiger partial charge on any atom is 0.303 e. The average Bonchev–Trinajstić information content (AvgIpc) is 1.83. The van der Waals surface area contributed by atoms with Crippen molar-refractivity contribution in [2.45, 2.75) is 33.2 Å². The standard InChI is InChI=1S/C8H17NO2/c1-6(9-4)8(2,3)5-7(10)11/h6,9H,5H2,1-4H3,(H,10,11). The predicted octanol–water partition coefficient (Wildman–Crippen LogP) is 1.10. The first-order valence-electron chi connectivity index (χ1n) is 3.79. The molecule has 2 N–H and O–H groups in total. The van der Waals surface area contributed by atoms with Gasteiger partial charge in [0.05, 0.1) is 6.42 Å². The summed E-state index contributed by atoms with van der Waals surface area (Å²) in [5.74, 6) is -0.739. The molecule has 0 rings (SSSR count). The molecule has 0 radical (unpaired) electrons. The van der Waals surface area contributed by atoms with Crippen LogP contribution >= 0.6 is 0 Å². The molecule has 0 aliphatic carbocycles. The van der Waals surface area contributed by atoms with Crippen molar-refractivity contribution in [2.75, 3.05) is 7.05 Å². The summed E-state index contributed by atoms with van der Waals surface area (Å²) >= 11 is 0. The Morgan fingerprint density at radius 1 is 1.64 bits per heavy atom. The highest BCUT2D eigenvalue weighted by atomic mass is 16.4. The highest BCUT2D eigenvalue weighted by molar-refractivity contribution is 5.67. The van der Waals surface area contributed by atoms with E-state index in [1.54, 1.807) is 0 Å². The zero-order chi connectivity index (χ0) is 9.07. The number of carboxylic acid groups (broad SMARTS) is 1. The molecule has 0 aromatic carbocycles. The Morgan fingerprint density at radius 3 is 2.36 bits per heavy atom. The van der Waals surface area contributed by atoms with Crippen LogP contribution in [-0.2, 0) is 4.79 Å². The Kier molecular flexibility index (Phi) is 3.52. The van der Waals surface area contributed by atoms with Crippen LogP contribution in [0.25, 0.3) is 0 Å². The molecule has 0 heterocycles. The molecular weight excluding hydrogens is 142 g/mol. The first-order valence-corrected chi connectivity index (χ1v) is 3.79. The maximum absolute atomic E-state index is 10.4. The monoisotopic (exact) mass is 159 g/mol. The molecule has 0 spiro atoms. The number of hydrogen-bond donors (Lipinski definition) is 2. The minimum absolute atomic E-state index is 0.180. The van der Waals surface area contributed by atoms with Gasteiger partial charge >= 0.3 is 5.97 Å². The van der Waals surface area contributed by atoms with Crippen molar-refractivity contribution in [1.29, 1.82) is 0 Å². The maximum atomic E-state index is 10.4. The summed E-state index contributed by atoms with van der Waals surface area (Å²) < 4.78 is 0. The molecule has 0 bridgehead atoms. The molecule has 0 aromatic heterocycles. The van der Waals surface area contributed by atoms with Crippen LogP contribution in [0.1, 0.15) is 27.2 Å². The van der Waals surface area contributed by atoms with Crippen molar-refractivity contribution in [1.82, 2.24) is 5.32 Å². The van der Waals surface area contributed by atoms with Gasteiger partial charge in [0, 0.05) is 6.04 Å². The van der Waals surface area contributed by atoms with Crippen molar-refractivity contribution < 1.29 is 9.90 Å². The fourth-order valence-corrected chi connectivity index (χ4v) is 0.934. The summed E-state index contributed by atoms with van der Waals surface area (Å²) in [6.45, 7) is 5.88. The van der Waals surface area contributed by atoms with Gasteiger partial charge in [-0.25, -0.2) is 0 Å². The molecule has 0 saturated carbocycles. The van der Waals surface area contributed by atoms with E-state index in [0.29, 0.717) is 0 Å². The third kappa shape index (κ3) is 3.37. The summed E-state index contributed by atoms with van der Waals surface area (Å²) in [7, 11) is 1.84. The lowest BCUT2D eigenvalue weighted by Gasteiger charge is -2.29. The van der Waals surface area contributed by atoms with Gasteiger partial charge in [0.2, 0.25) is 0 Å². The second-order valence-corrected chi connectivity index (χ2v) is 3.57. The van der Waals surface area contributed by atoms with Crippen LogP contribution in [0.2, 0.25) is 0 Å². The summed E-state index contributed by atoms with van der Waals surface area (Å²) in [5.41, 5.74) is -0.180. The van der Waals surface area contributed by atoms with Crippen LogP contribution in [0, 0.1) is 5.41 Å². The highest BCUT2D eigenvalue weighted by Crippen LogP contribution is 2.24. The fourth-order valence-electron chi connectivity index (χ4n) is 0.934. The van der Waals surface area contributed by atoms with Crippen molar-refractivity contribution in [3.8, 4) is 0 Å². The Bertz CT molecular complexity index is 143. The van der Waals surface area contributed by atoms with Gasteiger partial charge in [0.1, 0.15) is 0 Å². The summed E-state index contributed by atoms with van der Waals surface area (Å²) in [6, 6.07) is 0.221. The molecule has 3 nitrogen and oxygen atoms in total. The number of hydrogen-bond acceptors (Lipinski definition) is 2. The van der Waals surface area contributed by atoms with Gasteiger partial charge in [-0.2, -0.15) is 0 Å². The van der Waals surface area contributed by atoms with Gasteiger partial charge in [-0.15, -0.1) is 0 Å². The Morgan fingerprint density at radius 2 is 2.09 bits per heavy atom. The zero-order valence-corrected chi connectivity index (χ0v) is 7.64. The van der Waals surface area contributed by atoms with E-state index in [1.807, 2.05) is 27.8 Å². The van der Waals surface area contributed by atoms with E-state index < -0.39 is 5.97 Å². The lowest BCUT2D eigenvalue weighted by Crippen LogP contribution is -2.38. The van der Waals surface area contributed by atoms with Crippen molar-refractivity contribution >= 4 is 5.97 Å². The molecule has 0 amide bonds. The molecular formula is C8H17NO2. The topological polar surface area (TPSA) is 49.3 Å². The van der Waals surface area contributed by atoms with Gasteiger partial charge in [0.25, 0.3) is 0 Å². The molecule has 11 heavy (non-hydrogen) atoms. The lowest BCUT2D eigenvalue weighted by molar-refractivity contribution is -0.139. The molecule has 1 unspecified atom stereocenters. The van der Waals surface area contributed by atoms with E-state index >= 15 is 0 Å². The molecule has 1 atom stereocenters. The third-order valence-corrected chi connectivity index (χ3v) is 2.21. The molecule has 0 fully saturated rings. The quantitative estimate of drug-likeness (QED) is 0.645. The Balaban J connectivity index is 4.08. The minimum atomic E-state index is -0.739. The minimum Gasteiger partial charge on any atom is -0.481 e. The van der Waals surface area contributed by atoms with E-state index in [9.17, 15) is 4.79 Å². The number of carboxylic acids is 1. The normalized spacial score (nSPS) is 14.5. The second kappa shape index (κ2) is 3.72. The molecule has 0 aromatic rings. The van der Waals surface area contributed by atoms with Crippen molar-refractivity contribution in [3.63, 3.8) is 0 Å². The molecule has 3 heteroatoms. The first-order chi connectivity index (χ1) is 4.90. The molecule has 66 valence electrons. The average molecular weight is 159 g/mol. The van der Waals surface area contributed by atoms with Gasteiger partial charge < -0.3 is 10.4 Å². The van der Waals surface area contributed by atoms with Crippen LogP contribution in [0.4, 0.5) is 0 Å². The van der Waals surface area contributed by atoms with E-state index in [-0.39, 0.29) is 17.9 Å². The largest absolute Gasteiger partial charge is 0.481 e. The van der Waals surface area contributed by atoms with Crippen molar-refractivity contribution in [2.24, 2.45) is 5.41 Å². The van der Waals surface area contributed by atoms with Crippen LogP contribution in [0.3, 0.4) is 0 Å².